The van der Waals surface area contributed by atoms with Gasteiger partial charge in [-0.05, 0) is 22.9 Å². The summed E-state index contributed by atoms with van der Waals surface area (Å²) in [6.07, 6.45) is 0. The molecule has 2 aromatic rings. The molecule has 0 fully saturated rings. The molecule has 0 spiro atoms. The van der Waals surface area contributed by atoms with E-state index >= 15 is 0 Å². The van der Waals surface area contributed by atoms with E-state index in [0.717, 1.165) is 10.1 Å². The van der Waals surface area contributed by atoms with Crippen molar-refractivity contribution in [2.45, 2.75) is 0 Å². The zero-order valence-corrected chi connectivity index (χ0v) is 6.43. The van der Waals surface area contributed by atoms with E-state index < -0.39 is 0 Å². The number of benzene rings is 1. The SMILES string of the molecule is Oc1cc(O)c2sccc2c1. The van der Waals surface area contributed by atoms with Gasteiger partial charge in [0.05, 0.1) is 4.70 Å². The fourth-order valence-electron chi connectivity index (χ4n) is 1.05. The minimum atomic E-state index is 0.105. The average molecular weight is 166 g/mol. The quantitative estimate of drug-likeness (QED) is 0.630. The van der Waals surface area contributed by atoms with Crippen molar-refractivity contribution in [3.05, 3.63) is 23.6 Å². The van der Waals surface area contributed by atoms with Gasteiger partial charge in [0.2, 0.25) is 0 Å². The monoisotopic (exact) mass is 166 g/mol. The number of phenols is 2. The Morgan fingerprint density at radius 2 is 2.00 bits per heavy atom. The summed E-state index contributed by atoms with van der Waals surface area (Å²) in [5, 5.41) is 21.1. The van der Waals surface area contributed by atoms with Crippen LogP contribution in [0.15, 0.2) is 23.6 Å². The number of fused-ring (bicyclic) bond motifs is 1. The van der Waals surface area contributed by atoms with Crippen LogP contribution >= 0.6 is 11.3 Å². The van der Waals surface area contributed by atoms with Crippen LogP contribution in [-0.4, -0.2) is 10.2 Å². The van der Waals surface area contributed by atoms with Gasteiger partial charge in [0.1, 0.15) is 11.5 Å². The van der Waals surface area contributed by atoms with Crippen LogP contribution in [0.5, 0.6) is 11.5 Å². The molecule has 0 unspecified atom stereocenters. The van der Waals surface area contributed by atoms with E-state index in [2.05, 4.69) is 0 Å². The van der Waals surface area contributed by atoms with Crippen LogP contribution in [0.1, 0.15) is 0 Å². The molecule has 1 aromatic carbocycles. The minimum absolute atomic E-state index is 0.105. The maximum absolute atomic E-state index is 9.29. The highest BCUT2D eigenvalue weighted by Crippen LogP contribution is 2.33. The van der Waals surface area contributed by atoms with E-state index in [9.17, 15) is 5.11 Å². The molecule has 2 rings (SSSR count). The molecule has 1 aromatic heterocycles. The van der Waals surface area contributed by atoms with Crippen LogP contribution in [0.2, 0.25) is 0 Å². The molecule has 11 heavy (non-hydrogen) atoms. The van der Waals surface area contributed by atoms with Crippen molar-refractivity contribution in [2.75, 3.05) is 0 Å². The normalized spacial score (nSPS) is 10.5. The molecule has 0 atom stereocenters. The standard InChI is InChI=1S/C8H6O2S/c9-6-3-5-1-2-11-8(5)7(10)4-6/h1-4,9-10H. The van der Waals surface area contributed by atoms with Crippen molar-refractivity contribution in [2.24, 2.45) is 0 Å². The first kappa shape index (κ1) is 6.49. The third kappa shape index (κ3) is 0.935. The zero-order valence-electron chi connectivity index (χ0n) is 5.61. The van der Waals surface area contributed by atoms with Crippen LogP contribution in [0.3, 0.4) is 0 Å². The molecule has 2 N–H and O–H groups in total. The third-order valence-electron chi connectivity index (χ3n) is 1.52. The molecule has 0 saturated heterocycles. The molecule has 0 bridgehead atoms. The second-order valence-electron chi connectivity index (χ2n) is 2.30. The van der Waals surface area contributed by atoms with Crippen LogP contribution < -0.4 is 0 Å². The molecular formula is C8H6O2S. The Morgan fingerprint density at radius 3 is 2.82 bits per heavy atom. The fourth-order valence-corrected chi connectivity index (χ4v) is 1.84. The number of aromatic hydroxyl groups is 2. The number of hydrogen-bond acceptors (Lipinski definition) is 3. The Hall–Kier alpha value is -1.22. The Morgan fingerprint density at radius 1 is 1.18 bits per heavy atom. The van der Waals surface area contributed by atoms with Crippen molar-refractivity contribution in [1.82, 2.24) is 0 Å². The van der Waals surface area contributed by atoms with E-state index in [1.165, 1.54) is 17.4 Å². The van der Waals surface area contributed by atoms with Gasteiger partial charge in [0.15, 0.2) is 0 Å². The molecule has 0 aliphatic carbocycles. The first-order chi connectivity index (χ1) is 5.27. The summed E-state index contributed by atoms with van der Waals surface area (Å²) in [6.45, 7) is 0. The van der Waals surface area contributed by atoms with Gasteiger partial charge < -0.3 is 10.2 Å². The lowest BCUT2D eigenvalue weighted by molar-refractivity contribution is 0.455. The van der Waals surface area contributed by atoms with E-state index in [1.807, 2.05) is 11.4 Å². The zero-order chi connectivity index (χ0) is 7.84. The maximum atomic E-state index is 9.29. The van der Waals surface area contributed by atoms with Gasteiger partial charge in [-0.25, -0.2) is 0 Å². The molecule has 0 saturated carbocycles. The summed E-state index contributed by atoms with van der Waals surface area (Å²) >= 11 is 1.46. The Labute approximate surface area is 67.3 Å². The van der Waals surface area contributed by atoms with Gasteiger partial charge in [-0.1, -0.05) is 0 Å². The molecule has 0 aliphatic heterocycles. The number of rotatable bonds is 0. The van der Waals surface area contributed by atoms with Gasteiger partial charge in [-0.3, -0.25) is 0 Å². The van der Waals surface area contributed by atoms with E-state index in [-0.39, 0.29) is 11.5 Å². The summed E-state index contributed by atoms with van der Waals surface area (Å²) in [7, 11) is 0. The second-order valence-corrected chi connectivity index (χ2v) is 3.22. The maximum Gasteiger partial charge on any atom is 0.137 e. The summed E-state index contributed by atoms with van der Waals surface area (Å²) in [5.74, 6) is 0.253. The number of hydrogen-bond donors (Lipinski definition) is 2. The van der Waals surface area contributed by atoms with Crippen molar-refractivity contribution >= 4 is 21.4 Å². The highest BCUT2D eigenvalue weighted by molar-refractivity contribution is 7.17. The Kier molecular flexibility index (Phi) is 1.26. The smallest absolute Gasteiger partial charge is 0.137 e. The highest BCUT2D eigenvalue weighted by atomic mass is 32.1. The molecule has 0 aliphatic rings. The average Bonchev–Trinajstić information content (AvgIpc) is 2.34. The lowest BCUT2D eigenvalue weighted by Crippen LogP contribution is -1.66. The number of phenolic OH excluding ortho intramolecular Hbond substituents is 2. The van der Waals surface area contributed by atoms with Crippen LogP contribution in [-0.2, 0) is 0 Å². The second kappa shape index (κ2) is 2.13. The lowest BCUT2D eigenvalue weighted by Gasteiger charge is -1.95. The van der Waals surface area contributed by atoms with Gasteiger partial charge in [0, 0.05) is 6.07 Å². The molecule has 1 heterocycles. The van der Waals surface area contributed by atoms with E-state index in [4.69, 9.17) is 5.11 Å². The molecule has 0 amide bonds. The predicted octanol–water partition coefficient (Wildman–Crippen LogP) is 2.31. The van der Waals surface area contributed by atoms with Crippen molar-refractivity contribution in [1.29, 1.82) is 0 Å². The summed E-state index contributed by atoms with van der Waals surface area (Å²) in [6, 6.07) is 4.84. The van der Waals surface area contributed by atoms with E-state index in [1.54, 1.807) is 6.07 Å². The van der Waals surface area contributed by atoms with Gasteiger partial charge in [-0.15, -0.1) is 11.3 Å². The molecule has 3 heteroatoms. The molecule has 56 valence electrons. The fraction of sp³-hybridized carbons (Fsp3) is 0. The Bertz CT molecular complexity index is 392. The largest absolute Gasteiger partial charge is 0.508 e. The van der Waals surface area contributed by atoms with Gasteiger partial charge in [-0.2, -0.15) is 0 Å². The van der Waals surface area contributed by atoms with Crippen LogP contribution in [0.25, 0.3) is 10.1 Å². The number of thiophene rings is 1. The van der Waals surface area contributed by atoms with E-state index in [0.29, 0.717) is 0 Å². The molecule has 0 radical (unpaired) electrons. The first-order valence-corrected chi connectivity index (χ1v) is 4.04. The summed E-state index contributed by atoms with van der Waals surface area (Å²) < 4.78 is 0.822. The lowest BCUT2D eigenvalue weighted by atomic mass is 10.2. The highest BCUT2D eigenvalue weighted by Gasteiger charge is 2.01. The van der Waals surface area contributed by atoms with Crippen molar-refractivity contribution < 1.29 is 10.2 Å². The van der Waals surface area contributed by atoms with Gasteiger partial charge >= 0.3 is 0 Å². The Balaban J connectivity index is 2.91. The van der Waals surface area contributed by atoms with Crippen molar-refractivity contribution in [3.63, 3.8) is 0 Å². The topological polar surface area (TPSA) is 40.5 Å². The van der Waals surface area contributed by atoms with Crippen LogP contribution in [0, 0.1) is 0 Å². The summed E-state index contributed by atoms with van der Waals surface area (Å²) in [4.78, 5) is 0. The van der Waals surface area contributed by atoms with Crippen molar-refractivity contribution in [3.8, 4) is 11.5 Å². The molecular weight excluding hydrogens is 160 g/mol. The van der Waals surface area contributed by atoms with Gasteiger partial charge in [0.25, 0.3) is 0 Å². The predicted molar refractivity (Wildman–Crippen MR) is 45.2 cm³/mol. The molecule has 2 nitrogen and oxygen atoms in total. The minimum Gasteiger partial charge on any atom is -0.508 e. The summed E-state index contributed by atoms with van der Waals surface area (Å²) in [5.41, 5.74) is 0. The van der Waals surface area contributed by atoms with Crippen LogP contribution in [0.4, 0.5) is 0 Å². The third-order valence-corrected chi connectivity index (χ3v) is 2.47. The first-order valence-electron chi connectivity index (χ1n) is 3.16.